The summed E-state index contributed by atoms with van der Waals surface area (Å²) < 4.78 is 28.5. The molecule has 1 atom stereocenters. The van der Waals surface area contributed by atoms with Crippen molar-refractivity contribution < 1.29 is 32.7 Å². The van der Waals surface area contributed by atoms with E-state index in [0.717, 1.165) is 17.4 Å². The molecule has 1 aliphatic heterocycles. The first-order valence-corrected chi connectivity index (χ1v) is 12.0. The monoisotopic (exact) mass is 488 g/mol. The van der Waals surface area contributed by atoms with Crippen molar-refractivity contribution in [2.45, 2.75) is 31.2 Å². The zero-order valence-electron chi connectivity index (χ0n) is 18.6. The van der Waals surface area contributed by atoms with Crippen LogP contribution in [0.1, 0.15) is 35.7 Å². The molecule has 180 valence electrons. The van der Waals surface area contributed by atoms with Crippen molar-refractivity contribution in [2.24, 2.45) is 5.73 Å². The van der Waals surface area contributed by atoms with E-state index in [1.165, 1.54) is 21.9 Å². The number of amides is 3. The molecule has 0 aliphatic carbocycles. The minimum Gasteiger partial charge on any atom is -0.445 e. The van der Waals surface area contributed by atoms with Gasteiger partial charge < -0.3 is 15.4 Å². The number of nitrogens with one attached hydrogen (secondary N) is 1. The molecule has 3 rings (SSSR count). The fourth-order valence-corrected chi connectivity index (χ4v) is 4.23. The van der Waals surface area contributed by atoms with E-state index in [1.54, 1.807) is 36.5 Å². The predicted octanol–water partition coefficient (Wildman–Crippen LogP) is 0.966. The van der Waals surface area contributed by atoms with E-state index in [-0.39, 0.29) is 32.1 Å². The van der Waals surface area contributed by atoms with Crippen LogP contribution in [0.25, 0.3) is 0 Å². The summed E-state index contributed by atoms with van der Waals surface area (Å²) in [5, 5.41) is 8.92. The molecule has 3 amide bonds. The van der Waals surface area contributed by atoms with Gasteiger partial charge in [0.25, 0.3) is 5.91 Å². The van der Waals surface area contributed by atoms with Crippen LogP contribution in [-0.4, -0.2) is 58.7 Å². The van der Waals surface area contributed by atoms with Crippen molar-refractivity contribution >= 4 is 27.9 Å². The van der Waals surface area contributed by atoms with Crippen LogP contribution in [0.3, 0.4) is 0 Å². The molecule has 12 heteroatoms. The summed E-state index contributed by atoms with van der Waals surface area (Å²) >= 11 is 0. The van der Waals surface area contributed by atoms with Crippen molar-refractivity contribution in [3.05, 3.63) is 58.9 Å². The number of nitrogens with zero attached hydrogens (tertiary/aromatic N) is 2. The Morgan fingerprint density at radius 2 is 1.88 bits per heavy atom. The van der Waals surface area contributed by atoms with Gasteiger partial charge in [-0.15, -0.1) is 0 Å². The summed E-state index contributed by atoms with van der Waals surface area (Å²) in [6.45, 7) is 1.52. The molecule has 1 unspecified atom stereocenters. The van der Waals surface area contributed by atoms with Crippen LogP contribution in [0, 0.1) is 11.8 Å². The van der Waals surface area contributed by atoms with Gasteiger partial charge >= 0.3 is 12.1 Å². The maximum atomic E-state index is 12.7. The maximum Gasteiger partial charge on any atom is 0.404 e. The van der Waals surface area contributed by atoms with Crippen LogP contribution in [0.5, 0.6) is 0 Å². The highest BCUT2D eigenvalue weighted by molar-refractivity contribution is 7.92. The lowest BCUT2D eigenvalue weighted by molar-refractivity contribution is -0.131. The number of sulfone groups is 1. The van der Waals surface area contributed by atoms with Crippen molar-refractivity contribution in [2.75, 3.05) is 12.8 Å². The first-order chi connectivity index (χ1) is 15.9. The summed E-state index contributed by atoms with van der Waals surface area (Å²) in [6.07, 6.45) is 1.47. The number of nitrogens with two attached hydrogens (primary N) is 1. The van der Waals surface area contributed by atoms with Crippen LogP contribution in [0.2, 0.25) is 0 Å². The van der Waals surface area contributed by atoms with Crippen LogP contribution in [0.15, 0.2) is 36.5 Å². The SMILES string of the molecule is CC(CCN1Cc2cc(C#Cc3ccc(COC(N)=O)cc3)cn2C1=O)(C(=O)NO)S(C)(=O)=O. The van der Waals surface area contributed by atoms with Gasteiger partial charge in [-0.05, 0) is 37.1 Å². The number of carbonyl (C=O) groups excluding carboxylic acids is 3. The molecule has 0 fully saturated rings. The van der Waals surface area contributed by atoms with Crippen molar-refractivity contribution in [1.82, 2.24) is 14.9 Å². The van der Waals surface area contributed by atoms with Gasteiger partial charge in [0, 0.05) is 35.8 Å². The second-order valence-electron chi connectivity index (χ2n) is 8.04. The summed E-state index contributed by atoms with van der Waals surface area (Å²) in [7, 11) is -3.85. The van der Waals surface area contributed by atoms with Crippen molar-refractivity contribution in [3.63, 3.8) is 0 Å². The topological polar surface area (TPSA) is 161 Å². The fourth-order valence-electron chi connectivity index (χ4n) is 3.38. The number of rotatable bonds is 7. The van der Waals surface area contributed by atoms with Gasteiger partial charge in [0.1, 0.15) is 6.61 Å². The summed E-state index contributed by atoms with van der Waals surface area (Å²) in [4.78, 5) is 36.8. The molecular formula is C22H24N4O7S. The van der Waals surface area contributed by atoms with E-state index in [9.17, 15) is 22.8 Å². The third kappa shape index (κ3) is 5.22. The number of fused-ring (bicyclic) bond motifs is 1. The molecule has 1 aromatic heterocycles. The molecule has 1 aliphatic rings. The molecule has 4 N–H and O–H groups in total. The predicted molar refractivity (Wildman–Crippen MR) is 120 cm³/mol. The number of primary amides is 1. The number of hydrogen-bond acceptors (Lipinski definition) is 7. The standard InChI is InChI=1S/C22H24N4O7S/c1-22(19(27)24-30,34(2,31)32)9-10-25-13-18-11-17(12-26(18)21(25)29)8-5-15-3-6-16(7-4-15)14-33-20(23)28/h3-4,6-7,11-12,30H,9-10,13-14H2,1-2H3,(H2,23,28)(H,24,27). The molecule has 2 heterocycles. The van der Waals surface area contributed by atoms with Crippen LogP contribution < -0.4 is 11.2 Å². The number of carbonyl (C=O) groups is 3. The Balaban J connectivity index is 1.65. The number of hydrogen-bond donors (Lipinski definition) is 3. The Bertz CT molecular complexity index is 1290. The Kier molecular flexibility index (Phi) is 6.99. The molecule has 34 heavy (non-hydrogen) atoms. The minimum absolute atomic E-state index is 0.00430. The van der Waals surface area contributed by atoms with Gasteiger partial charge in [0.15, 0.2) is 14.6 Å². The highest BCUT2D eigenvalue weighted by Gasteiger charge is 2.44. The lowest BCUT2D eigenvalue weighted by Crippen LogP contribution is -2.50. The fraction of sp³-hybridized carbons (Fsp3) is 0.318. The Morgan fingerprint density at radius 1 is 1.24 bits per heavy atom. The first kappa shape index (κ1) is 24.8. The van der Waals surface area contributed by atoms with Gasteiger partial charge in [0.05, 0.1) is 6.54 Å². The Labute approximate surface area is 196 Å². The average Bonchev–Trinajstić information content (AvgIpc) is 3.32. The lowest BCUT2D eigenvalue weighted by Gasteiger charge is -2.27. The molecule has 0 saturated heterocycles. The molecule has 1 aromatic carbocycles. The van der Waals surface area contributed by atoms with Crippen LogP contribution in [0.4, 0.5) is 9.59 Å². The second kappa shape index (κ2) is 9.58. The van der Waals surface area contributed by atoms with Crippen molar-refractivity contribution in [1.29, 1.82) is 0 Å². The van der Waals surface area contributed by atoms with E-state index in [1.807, 2.05) is 0 Å². The average molecular weight is 489 g/mol. The zero-order chi connectivity index (χ0) is 25.1. The first-order valence-electron chi connectivity index (χ1n) is 10.1. The normalized spacial score (nSPS) is 14.6. The largest absolute Gasteiger partial charge is 0.445 e. The van der Waals surface area contributed by atoms with E-state index in [0.29, 0.717) is 11.3 Å². The quantitative estimate of drug-likeness (QED) is 0.297. The molecule has 0 spiro atoms. The Morgan fingerprint density at radius 3 is 2.44 bits per heavy atom. The van der Waals surface area contributed by atoms with E-state index in [2.05, 4.69) is 11.8 Å². The number of benzene rings is 1. The van der Waals surface area contributed by atoms with Gasteiger partial charge in [-0.2, -0.15) is 0 Å². The number of hydroxylamine groups is 1. The maximum absolute atomic E-state index is 12.7. The molecule has 2 aromatic rings. The molecule has 0 saturated carbocycles. The van der Waals surface area contributed by atoms with E-state index in [4.69, 9.17) is 15.7 Å². The molecule has 0 radical (unpaired) electrons. The van der Waals surface area contributed by atoms with Gasteiger partial charge in [-0.3, -0.25) is 14.6 Å². The second-order valence-corrected chi connectivity index (χ2v) is 10.5. The summed E-state index contributed by atoms with van der Waals surface area (Å²) in [6, 6.07) is 8.46. The van der Waals surface area contributed by atoms with Crippen molar-refractivity contribution in [3.8, 4) is 11.8 Å². The molecular weight excluding hydrogens is 464 g/mol. The van der Waals surface area contributed by atoms with Gasteiger partial charge in [-0.25, -0.2) is 23.5 Å². The zero-order valence-corrected chi connectivity index (χ0v) is 19.4. The van der Waals surface area contributed by atoms with Crippen LogP contribution in [-0.2, 0) is 32.5 Å². The van der Waals surface area contributed by atoms with Gasteiger partial charge in [0.2, 0.25) is 0 Å². The van der Waals surface area contributed by atoms with Crippen LogP contribution >= 0.6 is 0 Å². The summed E-state index contributed by atoms with van der Waals surface area (Å²) in [5.41, 5.74) is 9.13. The molecule has 0 bridgehead atoms. The highest BCUT2D eigenvalue weighted by Crippen LogP contribution is 2.25. The highest BCUT2D eigenvalue weighted by atomic mass is 32.2. The smallest absolute Gasteiger partial charge is 0.404 e. The number of aromatic nitrogens is 1. The minimum atomic E-state index is -3.85. The Hall–Kier alpha value is -3.82. The van der Waals surface area contributed by atoms with E-state index >= 15 is 0 Å². The summed E-state index contributed by atoms with van der Waals surface area (Å²) in [5.74, 6) is 4.93. The molecule has 11 nitrogen and oxygen atoms in total. The third-order valence-electron chi connectivity index (χ3n) is 5.67. The number of ether oxygens (including phenoxy) is 1. The lowest BCUT2D eigenvalue weighted by atomic mass is 10.1. The third-order valence-corrected chi connectivity index (χ3v) is 7.70. The van der Waals surface area contributed by atoms with E-state index < -0.39 is 26.6 Å². The van der Waals surface area contributed by atoms with Gasteiger partial charge in [-0.1, -0.05) is 24.0 Å².